The number of nitrogens with zero attached hydrogens (tertiary/aromatic N) is 2. The van der Waals surface area contributed by atoms with Crippen molar-refractivity contribution in [3.63, 3.8) is 0 Å². The Hall–Kier alpha value is -2.37. The van der Waals surface area contributed by atoms with Gasteiger partial charge >= 0.3 is 0 Å². The van der Waals surface area contributed by atoms with Crippen LogP contribution in [-0.4, -0.2) is 60.7 Å². The molecule has 6 heteroatoms. The van der Waals surface area contributed by atoms with Crippen molar-refractivity contribution in [2.75, 3.05) is 33.2 Å². The summed E-state index contributed by atoms with van der Waals surface area (Å²) in [7, 11) is 1.57. The van der Waals surface area contributed by atoms with Crippen LogP contribution >= 0.6 is 0 Å². The van der Waals surface area contributed by atoms with Crippen LogP contribution in [0.25, 0.3) is 0 Å². The van der Waals surface area contributed by atoms with Gasteiger partial charge in [-0.1, -0.05) is 18.2 Å². The van der Waals surface area contributed by atoms with Gasteiger partial charge in [0.25, 0.3) is 5.91 Å². The maximum atomic E-state index is 12.1. The van der Waals surface area contributed by atoms with Crippen LogP contribution in [0, 0.1) is 0 Å². The zero-order valence-electron chi connectivity index (χ0n) is 13.5. The summed E-state index contributed by atoms with van der Waals surface area (Å²) >= 11 is 0. The number of amides is 3. The van der Waals surface area contributed by atoms with Crippen molar-refractivity contribution >= 4 is 17.7 Å². The fourth-order valence-electron chi connectivity index (χ4n) is 2.57. The van der Waals surface area contributed by atoms with Gasteiger partial charge in [0.1, 0.15) is 0 Å². The van der Waals surface area contributed by atoms with Crippen LogP contribution in [0.4, 0.5) is 0 Å². The van der Waals surface area contributed by atoms with Gasteiger partial charge in [-0.3, -0.25) is 14.4 Å². The van der Waals surface area contributed by atoms with Gasteiger partial charge in [0, 0.05) is 25.7 Å². The van der Waals surface area contributed by atoms with Crippen molar-refractivity contribution in [1.82, 2.24) is 15.1 Å². The molecule has 1 aliphatic rings. The van der Waals surface area contributed by atoms with Gasteiger partial charge in [-0.05, 0) is 31.4 Å². The van der Waals surface area contributed by atoms with E-state index < -0.39 is 0 Å². The molecule has 3 amide bonds. The van der Waals surface area contributed by atoms with Crippen LogP contribution in [0.15, 0.2) is 30.3 Å². The van der Waals surface area contributed by atoms with Gasteiger partial charge in [-0.2, -0.15) is 0 Å². The number of benzene rings is 1. The number of likely N-dealkylation sites (N-methyl/N-ethyl adjacent to an activating group) is 1. The fraction of sp³-hybridized carbons (Fsp3) is 0.471. The van der Waals surface area contributed by atoms with Gasteiger partial charge in [0.05, 0.1) is 13.1 Å². The van der Waals surface area contributed by atoms with Gasteiger partial charge < -0.3 is 15.1 Å². The number of hydrogen-bond donors (Lipinski definition) is 1. The van der Waals surface area contributed by atoms with Crippen LogP contribution in [0.3, 0.4) is 0 Å². The number of rotatable bonds is 5. The van der Waals surface area contributed by atoms with E-state index in [1.165, 1.54) is 4.90 Å². The summed E-state index contributed by atoms with van der Waals surface area (Å²) in [6.45, 7) is 1.45. The van der Waals surface area contributed by atoms with E-state index in [1.54, 1.807) is 36.2 Å². The van der Waals surface area contributed by atoms with Crippen LogP contribution < -0.4 is 5.32 Å². The minimum Gasteiger partial charge on any atom is -0.345 e. The van der Waals surface area contributed by atoms with Crippen molar-refractivity contribution in [3.05, 3.63) is 35.9 Å². The molecule has 1 aliphatic heterocycles. The summed E-state index contributed by atoms with van der Waals surface area (Å²) in [6, 6.07) is 8.79. The zero-order chi connectivity index (χ0) is 16.7. The van der Waals surface area contributed by atoms with Gasteiger partial charge in [-0.15, -0.1) is 0 Å². The third-order valence-corrected chi connectivity index (χ3v) is 3.89. The molecular weight excluding hydrogens is 294 g/mol. The molecule has 1 N–H and O–H groups in total. The first-order valence-corrected chi connectivity index (χ1v) is 7.93. The Morgan fingerprint density at radius 1 is 1.09 bits per heavy atom. The standard InChI is InChI=1S/C17H23N3O3/c1-19(17(23)14-8-4-2-5-9-14)13-15(21)18-12-16(22)20-10-6-3-7-11-20/h2,4-5,8-9H,3,6-7,10-13H2,1H3,(H,18,21). The largest absolute Gasteiger partial charge is 0.345 e. The fourth-order valence-corrected chi connectivity index (χ4v) is 2.57. The number of nitrogens with one attached hydrogen (secondary N) is 1. The van der Waals surface area contributed by atoms with E-state index >= 15 is 0 Å². The van der Waals surface area contributed by atoms with Crippen LogP contribution in [0.1, 0.15) is 29.6 Å². The third kappa shape index (κ3) is 5.09. The van der Waals surface area contributed by atoms with Crippen molar-refractivity contribution < 1.29 is 14.4 Å². The first-order chi connectivity index (χ1) is 11.1. The molecular formula is C17H23N3O3. The molecule has 0 bridgehead atoms. The Morgan fingerprint density at radius 2 is 1.74 bits per heavy atom. The first kappa shape index (κ1) is 17.0. The summed E-state index contributed by atoms with van der Waals surface area (Å²) in [5.41, 5.74) is 0.534. The van der Waals surface area contributed by atoms with E-state index in [2.05, 4.69) is 5.32 Å². The van der Waals surface area contributed by atoms with Crippen LogP contribution in [-0.2, 0) is 9.59 Å². The molecule has 0 aliphatic carbocycles. The predicted octanol–water partition coefficient (Wildman–Crippen LogP) is 0.887. The van der Waals surface area contributed by atoms with E-state index in [-0.39, 0.29) is 30.8 Å². The van der Waals surface area contributed by atoms with Gasteiger partial charge in [0.2, 0.25) is 11.8 Å². The Bertz CT molecular complexity index is 553. The third-order valence-electron chi connectivity index (χ3n) is 3.89. The minimum atomic E-state index is -0.331. The van der Waals surface area contributed by atoms with E-state index in [0.29, 0.717) is 5.56 Å². The number of carbonyl (C=O) groups is 3. The number of hydrogen-bond acceptors (Lipinski definition) is 3. The molecule has 0 spiro atoms. The monoisotopic (exact) mass is 317 g/mol. The smallest absolute Gasteiger partial charge is 0.254 e. The highest BCUT2D eigenvalue weighted by Gasteiger charge is 2.18. The zero-order valence-corrected chi connectivity index (χ0v) is 13.5. The summed E-state index contributed by atoms with van der Waals surface area (Å²) in [6.07, 6.45) is 3.20. The molecule has 6 nitrogen and oxygen atoms in total. The molecule has 1 heterocycles. The predicted molar refractivity (Wildman–Crippen MR) is 86.8 cm³/mol. The average molecular weight is 317 g/mol. The van der Waals surface area contributed by atoms with Crippen LogP contribution in [0.5, 0.6) is 0 Å². The molecule has 1 fully saturated rings. The highest BCUT2D eigenvalue weighted by molar-refractivity contribution is 5.96. The molecule has 0 unspecified atom stereocenters. The number of likely N-dealkylation sites (tertiary alicyclic amines) is 1. The molecule has 2 rings (SSSR count). The Balaban J connectivity index is 1.75. The Kier molecular flexibility index (Phi) is 6.14. The lowest BCUT2D eigenvalue weighted by atomic mass is 10.1. The molecule has 0 radical (unpaired) electrons. The lowest BCUT2D eigenvalue weighted by molar-refractivity contribution is -0.133. The highest BCUT2D eigenvalue weighted by atomic mass is 16.2. The molecule has 0 atom stereocenters. The molecule has 1 saturated heterocycles. The van der Waals surface area contributed by atoms with E-state index in [1.807, 2.05) is 6.07 Å². The SMILES string of the molecule is CN(CC(=O)NCC(=O)N1CCCCC1)C(=O)c1ccccc1. The quantitative estimate of drug-likeness (QED) is 0.877. The Morgan fingerprint density at radius 3 is 2.39 bits per heavy atom. The second-order valence-electron chi connectivity index (χ2n) is 5.75. The average Bonchev–Trinajstić information content (AvgIpc) is 2.60. The first-order valence-electron chi connectivity index (χ1n) is 7.93. The van der Waals surface area contributed by atoms with Crippen molar-refractivity contribution in [2.45, 2.75) is 19.3 Å². The summed E-state index contributed by atoms with van der Waals surface area (Å²) < 4.78 is 0. The molecule has 1 aromatic carbocycles. The van der Waals surface area contributed by atoms with E-state index in [0.717, 1.165) is 32.4 Å². The minimum absolute atomic E-state index is 0.00774. The van der Waals surface area contributed by atoms with Crippen molar-refractivity contribution in [1.29, 1.82) is 0 Å². The maximum Gasteiger partial charge on any atom is 0.254 e. The topological polar surface area (TPSA) is 69.7 Å². The second-order valence-corrected chi connectivity index (χ2v) is 5.75. The molecule has 23 heavy (non-hydrogen) atoms. The van der Waals surface area contributed by atoms with Gasteiger partial charge in [-0.25, -0.2) is 0 Å². The highest BCUT2D eigenvalue weighted by Crippen LogP contribution is 2.08. The normalized spacial score (nSPS) is 14.2. The Labute approximate surface area is 136 Å². The lowest BCUT2D eigenvalue weighted by Gasteiger charge is -2.26. The van der Waals surface area contributed by atoms with Crippen molar-refractivity contribution in [3.8, 4) is 0 Å². The lowest BCUT2D eigenvalue weighted by Crippen LogP contribution is -2.45. The van der Waals surface area contributed by atoms with Gasteiger partial charge in [0.15, 0.2) is 0 Å². The van der Waals surface area contributed by atoms with Crippen molar-refractivity contribution in [2.24, 2.45) is 0 Å². The summed E-state index contributed by atoms with van der Waals surface area (Å²) in [4.78, 5) is 39.1. The summed E-state index contributed by atoms with van der Waals surface area (Å²) in [5, 5.41) is 2.59. The number of carbonyl (C=O) groups excluding carboxylic acids is 3. The molecule has 0 aromatic heterocycles. The van der Waals surface area contributed by atoms with E-state index in [4.69, 9.17) is 0 Å². The molecule has 1 aromatic rings. The summed E-state index contributed by atoms with van der Waals surface area (Å²) in [5.74, 6) is -0.611. The number of piperidine rings is 1. The molecule has 124 valence electrons. The molecule has 0 saturated carbocycles. The second kappa shape index (κ2) is 8.31. The van der Waals surface area contributed by atoms with E-state index in [9.17, 15) is 14.4 Å². The van der Waals surface area contributed by atoms with Crippen LogP contribution in [0.2, 0.25) is 0 Å². The maximum absolute atomic E-state index is 12.1.